The van der Waals surface area contributed by atoms with E-state index in [0.29, 0.717) is 11.7 Å². The van der Waals surface area contributed by atoms with Gasteiger partial charge in [0.15, 0.2) is 11.6 Å². The van der Waals surface area contributed by atoms with Gasteiger partial charge in [0.05, 0.1) is 7.11 Å². The van der Waals surface area contributed by atoms with E-state index >= 15 is 0 Å². The first-order valence-corrected chi connectivity index (χ1v) is 5.85. The Morgan fingerprint density at radius 3 is 2.94 bits per heavy atom. The van der Waals surface area contributed by atoms with E-state index < -0.39 is 0 Å². The van der Waals surface area contributed by atoms with Crippen molar-refractivity contribution in [2.24, 2.45) is 0 Å². The molecule has 0 radical (unpaired) electrons. The van der Waals surface area contributed by atoms with Crippen LogP contribution in [0.4, 0.5) is 4.39 Å². The molecule has 2 rings (SSSR count). The Morgan fingerprint density at radius 2 is 2.19 bits per heavy atom. The number of ether oxygens (including phenoxy) is 1. The van der Waals surface area contributed by atoms with Gasteiger partial charge in [0.25, 0.3) is 0 Å². The largest absolute Gasteiger partial charge is 0.494 e. The molecular weight excluding hydrogens is 205 g/mol. The number of methoxy groups -OCH3 is 1. The van der Waals surface area contributed by atoms with Crippen LogP contribution in [-0.4, -0.2) is 20.2 Å². The van der Waals surface area contributed by atoms with Gasteiger partial charge in [-0.05, 0) is 56.0 Å². The lowest BCUT2D eigenvalue weighted by Crippen LogP contribution is -2.13. The van der Waals surface area contributed by atoms with Crippen LogP contribution in [0.3, 0.4) is 0 Å². The summed E-state index contributed by atoms with van der Waals surface area (Å²) >= 11 is 0. The highest BCUT2D eigenvalue weighted by Crippen LogP contribution is 2.29. The molecule has 0 aliphatic carbocycles. The average molecular weight is 223 g/mol. The van der Waals surface area contributed by atoms with Gasteiger partial charge in [-0.1, -0.05) is 6.07 Å². The maximum absolute atomic E-state index is 13.6. The zero-order valence-corrected chi connectivity index (χ0v) is 9.63. The SMILES string of the molecule is COc1ccc(C2CCCNCC2)cc1F. The summed E-state index contributed by atoms with van der Waals surface area (Å²) < 4.78 is 18.5. The molecule has 0 aromatic heterocycles. The number of nitrogens with one attached hydrogen (secondary N) is 1. The van der Waals surface area contributed by atoms with E-state index in [4.69, 9.17) is 4.74 Å². The first-order chi connectivity index (χ1) is 7.81. The van der Waals surface area contributed by atoms with E-state index in [9.17, 15) is 4.39 Å². The molecule has 1 N–H and O–H groups in total. The summed E-state index contributed by atoms with van der Waals surface area (Å²) in [6, 6.07) is 5.33. The summed E-state index contributed by atoms with van der Waals surface area (Å²) in [5.74, 6) is 0.558. The van der Waals surface area contributed by atoms with Crippen molar-refractivity contribution in [1.29, 1.82) is 0 Å². The standard InChI is InChI=1S/C13H18FNO/c1-16-13-5-4-11(9-12(13)14)10-3-2-7-15-8-6-10/h4-5,9-10,15H,2-3,6-8H2,1H3. The van der Waals surface area contributed by atoms with E-state index in [0.717, 1.165) is 37.9 Å². The number of hydrogen-bond donors (Lipinski definition) is 1. The Morgan fingerprint density at radius 1 is 1.31 bits per heavy atom. The highest BCUT2D eigenvalue weighted by molar-refractivity contribution is 5.31. The molecule has 1 aromatic rings. The Hall–Kier alpha value is -1.09. The fourth-order valence-electron chi connectivity index (χ4n) is 2.29. The van der Waals surface area contributed by atoms with Crippen LogP contribution in [0.5, 0.6) is 5.75 Å². The third-order valence-electron chi connectivity index (χ3n) is 3.22. The minimum Gasteiger partial charge on any atom is -0.494 e. The molecule has 1 aromatic carbocycles. The summed E-state index contributed by atoms with van der Waals surface area (Å²) in [6.07, 6.45) is 3.39. The molecule has 1 heterocycles. The Kier molecular flexibility index (Phi) is 3.78. The van der Waals surface area contributed by atoms with Crippen LogP contribution in [0.15, 0.2) is 18.2 Å². The lowest BCUT2D eigenvalue weighted by Gasteiger charge is -2.14. The van der Waals surface area contributed by atoms with Crippen LogP contribution in [0.25, 0.3) is 0 Å². The summed E-state index contributed by atoms with van der Waals surface area (Å²) in [6.45, 7) is 2.10. The molecule has 88 valence electrons. The van der Waals surface area contributed by atoms with Crippen molar-refractivity contribution in [3.63, 3.8) is 0 Å². The number of hydrogen-bond acceptors (Lipinski definition) is 2. The molecule has 2 nitrogen and oxygen atoms in total. The van der Waals surface area contributed by atoms with Gasteiger partial charge in [0.2, 0.25) is 0 Å². The molecule has 1 atom stereocenters. The molecule has 0 saturated carbocycles. The zero-order valence-electron chi connectivity index (χ0n) is 9.63. The third kappa shape index (κ3) is 2.53. The summed E-state index contributed by atoms with van der Waals surface area (Å²) in [4.78, 5) is 0. The van der Waals surface area contributed by atoms with E-state index in [1.165, 1.54) is 7.11 Å². The monoisotopic (exact) mass is 223 g/mol. The zero-order chi connectivity index (χ0) is 11.4. The number of benzene rings is 1. The lowest BCUT2D eigenvalue weighted by molar-refractivity contribution is 0.385. The predicted molar refractivity (Wildman–Crippen MR) is 62.4 cm³/mol. The second-order valence-corrected chi connectivity index (χ2v) is 4.27. The van der Waals surface area contributed by atoms with Crippen molar-refractivity contribution in [2.75, 3.05) is 20.2 Å². The minimum absolute atomic E-state index is 0.253. The molecular formula is C13H18FNO. The molecule has 1 saturated heterocycles. The van der Waals surface area contributed by atoms with Gasteiger partial charge in [-0.15, -0.1) is 0 Å². The van der Waals surface area contributed by atoms with Gasteiger partial charge in [0.1, 0.15) is 0 Å². The first-order valence-electron chi connectivity index (χ1n) is 5.85. The van der Waals surface area contributed by atoms with Crippen molar-refractivity contribution >= 4 is 0 Å². The lowest BCUT2D eigenvalue weighted by atomic mass is 9.92. The molecule has 3 heteroatoms. The van der Waals surface area contributed by atoms with Gasteiger partial charge in [0, 0.05) is 0 Å². The second-order valence-electron chi connectivity index (χ2n) is 4.27. The van der Waals surface area contributed by atoms with Crippen LogP contribution in [-0.2, 0) is 0 Å². The van der Waals surface area contributed by atoms with Gasteiger partial charge >= 0.3 is 0 Å². The van der Waals surface area contributed by atoms with Gasteiger partial charge in [-0.3, -0.25) is 0 Å². The molecule has 0 spiro atoms. The molecule has 16 heavy (non-hydrogen) atoms. The number of rotatable bonds is 2. The quantitative estimate of drug-likeness (QED) is 0.832. The maximum Gasteiger partial charge on any atom is 0.165 e. The molecule has 1 aliphatic rings. The molecule has 1 fully saturated rings. The predicted octanol–water partition coefficient (Wildman–Crippen LogP) is 2.69. The van der Waals surface area contributed by atoms with Gasteiger partial charge in [-0.25, -0.2) is 4.39 Å². The van der Waals surface area contributed by atoms with Crippen molar-refractivity contribution in [2.45, 2.75) is 25.2 Å². The number of halogens is 1. The maximum atomic E-state index is 13.6. The smallest absolute Gasteiger partial charge is 0.165 e. The van der Waals surface area contributed by atoms with Crippen molar-refractivity contribution in [3.05, 3.63) is 29.6 Å². The highest BCUT2D eigenvalue weighted by Gasteiger charge is 2.15. The van der Waals surface area contributed by atoms with Crippen molar-refractivity contribution < 1.29 is 9.13 Å². The molecule has 1 aliphatic heterocycles. The summed E-state index contributed by atoms with van der Waals surface area (Å²) in [7, 11) is 1.49. The van der Waals surface area contributed by atoms with Gasteiger partial charge in [-0.2, -0.15) is 0 Å². The molecule has 1 unspecified atom stereocenters. The van der Waals surface area contributed by atoms with E-state index in [1.54, 1.807) is 12.1 Å². The van der Waals surface area contributed by atoms with E-state index in [1.807, 2.05) is 6.07 Å². The fraction of sp³-hybridized carbons (Fsp3) is 0.538. The molecule has 0 amide bonds. The highest BCUT2D eigenvalue weighted by atomic mass is 19.1. The fourth-order valence-corrected chi connectivity index (χ4v) is 2.29. The topological polar surface area (TPSA) is 21.3 Å². The van der Waals surface area contributed by atoms with Crippen LogP contribution >= 0.6 is 0 Å². The van der Waals surface area contributed by atoms with Crippen LogP contribution in [0.1, 0.15) is 30.7 Å². The average Bonchev–Trinajstić information content (AvgIpc) is 2.57. The Labute approximate surface area is 95.8 Å². The molecule has 0 bridgehead atoms. The van der Waals surface area contributed by atoms with Crippen molar-refractivity contribution in [1.82, 2.24) is 5.32 Å². The van der Waals surface area contributed by atoms with E-state index in [2.05, 4.69) is 5.32 Å². The van der Waals surface area contributed by atoms with E-state index in [-0.39, 0.29) is 5.82 Å². The Bertz CT molecular complexity index is 346. The van der Waals surface area contributed by atoms with Crippen LogP contribution in [0, 0.1) is 5.82 Å². The van der Waals surface area contributed by atoms with Crippen LogP contribution < -0.4 is 10.1 Å². The van der Waals surface area contributed by atoms with Crippen LogP contribution in [0.2, 0.25) is 0 Å². The second kappa shape index (κ2) is 5.30. The van der Waals surface area contributed by atoms with Crippen molar-refractivity contribution in [3.8, 4) is 5.75 Å². The first kappa shape index (κ1) is 11.4. The normalized spacial score (nSPS) is 21.5. The van der Waals surface area contributed by atoms with Gasteiger partial charge < -0.3 is 10.1 Å². The Balaban J connectivity index is 2.16. The summed E-state index contributed by atoms with van der Waals surface area (Å²) in [5.41, 5.74) is 1.10. The third-order valence-corrected chi connectivity index (χ3v) is 3.22. The summed E-state index contributed by atoms with van der Waals surface area (Å²) in [5, 5.41) is 3.37. The minimum atomic E-state index is -0.253.